The summed E-state index contributed by atoms with van der Waals surface area (Å²) in [5, 5.41) is 0. The molecule has 0 unspecified atom stereocenters. The van der Waals surface area contributed by atoms with E-state index < -0.39 is 0 Å². The first-order valence-electron chi connectivity index (χ1n) is 6.72. The van der Waals surface area contributed by atoms with E-state index >= 15 is 0 Å². The second-order valence-electron chi connectivity index (χ2n) is 5.34. The first-order chi connectivity index (χ1) is 7.40. The molecule has 0 aromatic heterocycles. The predicted molar refractivity (Wildman–Crippen MR) is 77.8 cm³/mol. The summed E-state index contributed by atoms with van der Waals surface area (Å²) < 4.78 is 0. The summed E-state index contributed by atoms with van der Waals surface area (Å²) in [6, 6.07) is 0. The van der Waals surface area contributed by atoms with Gasteiger partial charge in [-0.15, -0.1) is 0 Å². The molecule has 0 aromatic carbocycles. The molecule has 0 amide bonds. The monoisotopic (exact) mass is 224 g/mol. The normalized spacial score (nSPS) is 11.1. The van der Waals surface area contributed by atoms with Crippen molar-refractivity contribution in [2.24, 2.45) is 5.41 Å². The average Bonchev–Trinajstić information content (AvgIpc) is 2.19. The molecule has 0 aromatic rings. The lowest BCUT2D eigenvalue weighted by Crippen LogP contribution is -2.05. The third-order valence-corrected chi connectivity index (χ3v) is 2.54. The van der Waals surface area contributed by atoms with Gasteiger partial charge in [-0.25, -0.2) is 0 Å². The molecule has 0 aliphatic heterocycles. The summed E-state index contributed by atoms with van der Waals surface area (Å²) in [7, 11) is 0. The van der Waals surface area contributed by atoms with Crippen LogP contribution in [0.2, 0.25) is 0 Å². The van der Waals surface area contributed by atoms with E-state index in [2.05, 4.69) is 47.3 Å². The van der Waals surface area contributed by atoms with E-state index in [0.29, 0.717) is 0 Å². The molecule has 0 atom stereocenters. The zero-order valence-electron chi connectivity index (χ0n) is 12.4. The van der Waals surface area contributed by atoms with Crippen LogP contribution in [0, 0.1) is 5.41 Å². The molecular weight excluding hydrogens is 192 g/mol. The molecule has 0 saturated heterocycles. The molecule has 0 bridgehead atoms. The molecule has 0 rings (SSSR count). The van der Waals surface area contributed by atoms with Gasteiger partial charge in [0.05, 0.1) is 0 Å². The van der Waals surface area contributed by atoms with Gasteiger partial charge in [-0.3, -0.25) is 0 Å². The fourth-order valence-electron chi connectivity index (χ4n) is 1.13. The Kier molecular flexibility index (Phi) is 12.3. The Balaban J connectivity index is 0. The number of unbranched alkanes of at least 4 members (excludes halogenated alkanes) is 4. The van der Waals surface area contributed by atoms with Crippen LogP contribution in [0.25, 0.3) is 0 Å². The highest BCUT2D eigenvalue weighted by molar-refractivity contribution is 5.20. The Bertz CT molecular complexity index is 175. The van der Waals surface area contributed by atoms with Gasteiger partial charge in [0.15, 0.2) is 0 Å². The van der Waals surface area contributed by atoms with Crippen LogP contribution in [0.15, 0.2) is 24.3 Å². The van der Waals surface area contributed by atoms with Crippen LogP contribution < -0.4 is 0 Å². The summed E-state index contributed by atoms with van der Waals surface area (Å²) in [5.74, 6) is 0. The smallest absolute Gasteiger partial charge is 0.0138 e. The molecule has 16 heavy (non-hydrogen) atoms. The molecule has 0 N–H and O–H groups in total. The summed E-state index contributed by atoms with van der Waals surface area (Å²) in [6.45, 7) is 16.9. The quantitative estimate of drug-likeness (QED) is 0.388. The highest BCUT2D eigenvalue weighted by Gasteiger charge is 2.10. The molecule has 96 valence electrons. The van der Waals surface area contributed by atoms with Crippen molar-refractivity contribution in [3.05, 3.63) is 24.3 Å². The summed E-state index contributed by atoms with van der Waals surface area (Å²) >= 11 is 0. The maximum absolute atomic E-state index is 3.93. The van der Waals surface area contributed by atoms with E-state index in [0.717, 1.165) is 0 Å². The van der Waals surface area contributed by atoms with Crippen LogP contribution in [0.5, 0.6) is 0 Å². The van der Waals surface area contributed by atoms with Crippen molar-refractivity contribution in [1.29, 1.82) is 0 Å². The summed E-state index contributed by atoms with van der Waals surface area (Å²) in [5.41, 5.74) is 1.41. The third-order valence-electron chi connectivity index (χ3n) is 2.54. The van der Waals surface area contributed by atoms with Gasteiger partial charge in [-0.2, -0.15) is 0 Å². The standard InChI is InChI=1S/C9H16.C7H16/c1-6-7-8(2)9(3,4)5;1-3-5-7-6-4-2/h6-7H,2H2,1,3-5H3;3-7H2,1-2H3/b7-6-;. The first-order valence-corrected chi connectivity index (χ1v) is 6.72. The van der Waals surface area contributed by atoms with Gasteiger partial charge in [0.1, 0.15) is 0 Å². The second kappa shape index (κ2) is 11.0. The highest BCUT2D eigenvalue weighted by atomic mass is 14.2. The maximum atomic E-state index is 3.93. The highest BCUT2D eigenvalue weighted by Crippen LogP contribution is 2.23. The minimum absolute atomic E-state index is 0.229. The van der Waals surface area contributed by atoms with Gasteiger partial charge in [0.2, 0.25) is 0 Å². The van der Waals surface area contributed by atoms with E-state index in [4.69, 9.17) is 0 Å². The van der Waals surface area contributed by atoms with Crippen molar-refractivity contribution >= 4 is 0 Å². The summed E-state index contributed by atoms with van der Waals surface area (Å²) in [6.07, 6.45) is 11.1. The van der Waals surface area contributed by atoms with Crippen LogP contribution in [0.1, 0.15) is 73.6 Å². The molecule has 0 aliphatic carbocycles. The minimum Gasteiger partial charge on any atom is -0.0953 e. The Morgan fingerprint density at radius 3 is 1.62 bits per heavy atom. The summed E-state index contributed by atoms with van der Waals surface area (Å²) in [4.78, 5) is 0. The zero-order valence-corrected chi connectivity index (χ0v) is 12.4. The van der Waals surface area contributed by atoms with Crippen molar-refractivity contribution in [3.63, 3.8) is 0 Å². The second-order valence-corrected chi connectivity index (χ2v) is 5.34. The molecule has 0 saturated carbocycles. The Labute approximate surface area is 104 Å². The molecule has 0 heteroatoms. The Morgan fingerprint density at radius 2 is 1.44 bits per heavy atom. The van der Waals surface area contributed by atoms with Gasteiger partial charge < -0.3 is 0 Å². The van der Waals surface area contributed by atoms with Gasteiger partial charge >= 0.3 is 0 Å². The number of rotatable bonds is 5. The van der Waals surface area contributed by atoms with Gasteiger partial charge in [-0.1, -0.05) is 91.0 Å². The zero-order chi connectivity index (χ0) is 13.0. The molecule has 0 heterocycles. The van der Waals surface area contributed by atoms with Crippen LogP contribution in [-0.2, 0) is 0 Å². The fourth-order valence-corrected chi connectivity index (χ4v) is 1.13. The van der Waals surface area contributed by atoms with Crippen LogP contribution >= 0.6 is 0 Å². The largest absolute Gasteiger partial charge is 0.0953 e. The SMILES string of the molecule is C=C(/C=C\C)C(C)(C)C.CCCCCCC. The van der Waals surface area contributed by atoms with Crippen molar-refractivity contribution < 1.29 is 0 Å². The third kappa shape index (κ3) is 13.5. The topological polar surface area (TPSA) is 0 Å². The van der Waals surface area contributed by atoms with E-state index in [1.54, 1.807) is 0 Å². The van der Waals surface area contributed by atoms with Crippen LogP contribution in [0.4, 0.5) is 0 Å². The van der Waals surface area contributed by atoms with Gasteiger partial charge in [-0.05, 0) is 12.3 Å². The lowest BCUT2D eigenvalue weighted by atomic mass is 9.87. The predicted octanol–water partition coefficient (Wildman–Crippen LogP) is 6.14. The van der Waals surface area contributed by atoms with Crippen LogP contribution in [-0.4, -0.2) is 0 Å². The minimum atomic E-state index is 0.229. The Hall–Kier alpha value is -0.520. The lowest BCUT2D eigenvalue weighted by molar-refractivity contribution is 0.519. The van der Waals surface area contributed by atoms with Crippen molar-refractivity contribution in [2.45, 2.75) is 73.6 Å². The van der Waals surface area contributed by atoms with E-state index in [9.17, 15) is 0 Å². The fraction of sp³-hybridized carbons (Fsp3) is 0.750. The van der Waals surface area contributed by atoms with E-state index in [-0.39, 0.29) is 5.41 Å². The molecule has 0 spiro atoms. The Morgan fingerprint density at radius 1 is 1.00 bits per heavy atom. The molecule has 0 aliphatic rings. The molecule has 0 radical (unpaired) electrons. The molecular formula is C16H32. The first kappa shape index (κ1) is 17.9. The van der Waals surface area contributed by atoms with Crippen molar-refractivity contribution in [2.75, 3.05) is 0 Å². The number of hydrogen-bond acceptors (Lipinski definition) is 0. The lowest BCUT2D eigenvalue weighted by Gasteiger charge is -2.18. The number of hydrogen-bond donors (Lipinski definition) is 0. The average molecular weight is 224 g/mol. The van der Waals surface area contributed by atoms with E-state index in [1.807, 2.05) is 13.0 Å². The van der Waals surface area contributed by atoms with Gasteiger partial charge in [0.25, 0.3) is 0 Å². The number of allylic oxidation sites excluding steroid dienone is 3. The molecule has 0 nitrogen and oxygen atoms in total. The molecule has 0 fully saturated rings. The van der Waals surface area contributed by atoms with E-state index in [1.165, 1.54) is 37.7 Å². The van der Waals surface area contributed by atoms with Gasteiger partial charge in [0, 0.05) is 0 Å². The van der Waals surface area contributed by atoms with Crippen LogP contribution in [0.3, 0.4) is 0 Å². The van der Waals surface area contributed by atoms with Crippen molar-refractivity contribution in [1.82, 2.24) is 0 Å². The maximum Gasteiger partial charge on any atom is -0.0138 e. The van der Waals surface area contributed by atoms with Crippen molar-refractivity contribution in [3.8, 4) is 0 Å².